The lowest BCUT2D eigenvalue weighted by Gasteiger charge is -2.16. The van der Waals surface area contributed by atoms with Gasteiger partial charge in [-0.1, -0.05) is 15.9 Å². The zero-order chi connectivity index (χ0) is 12.6. The van der Waals surface area contributed by atoms with E-state index in [1.165, 1.54) is 0 Å². The minimum Gasteiger partial charge on any atom is -0.487 e. The summed E-state index contributed by atoms with van der Waals surface area (Å²) >= 11 is 3.37. The quantitative estimate of drug-likeness (QED) is 0.892. The van der Waals surface area contributed by atoms with E-state index in [4.69, 9.17) is 4.74 Å². The van der Waals surface area contributed by atoms with Gasteiger partial charge in [-0.25, -0.2) is 8.42 Å². The Balaban J connectivity index is 2.14. The third-order valence-electron chi connectivity index (χ3n) is 2.69. The molecule has 0 aliphatic carbocycles. The third kappa shape index (κ3) is 3.00. The van der Waals surface area contributed by atoms with Gasteiger partial charge in [-0.05, 0) is 30.7 Å². The molecule has 4 nitrogen and oxygen atoms in total. The Labute approximate surface area is 109 Å². The van der Waals surface area contributed by atoms with E-state index < -0.39 is 22.0 Å². The van der Waals surface area contributed by atoms with Gasteiger partial charge >= 0.3 is 0 Å². The van der Waals surface area contributed by atoms with E-state index in [1.54, 1.807) is 6.07 Å². The largest absolute Gasteiger partial charge is 0.487 e. The highest BCUT2D eigenvalue weighted by molar-refractivity contribution is 9.10. The maximum absolute atomic E-state index is 11.3. The van der Waals surface area contributed by atoms with Crippen LogP contribution in [0.4, 0.5) is 0 Å². The second-order valence-electron chi connectivity index (χ2n) is 4.21. The summed E-state index contributed by atoms with van der Waals surface area (Å²) in [6.07, 6.45) is -1.61. The first-order valence-corrected chi connectivity index (χ1v) is 7.80. The molecule has 1 fully saturated rings. The highest BCUT2D eigenvalue weighted by Gasteiger charge is 2.38. The summed E-state index contributed by atoms with van der Waals surface area (Å²) in [6.45, 7) is 1.92. The molecule has 94 valence electrons. The Kier molecular flexibility index (Phi) is 3.47. The van der Waals surface area contributed by atoms with Gasteiger partial charge in [-0.15, -0.1) is 0 Å². The summed E-state index contributed by atoms with van der Waals surface area (Å²) in [5, 5.41) is 9.60. The predicted octanol–water partition coefficient (Wildman–Crippen LogP) is 1.29. The van der Waals surface area contributed by atoms with Crippen LogP contribution in [-0.2, 0) is 9.84 Å². The Morgan fingerprint density at radius 1 is 1.41 bits per heavy atom. The van der Waals surface area contributed by atoms with Gasteiger partial charge in [0.1, 0.15) is 18.0 Å². The van der Waals surface area contributed by atoms with Crippen molar-refractivity contribution in [2.75, 3.05) is 11.5 Å². The Morgan fingerprint density at radius 2 is 2.12 bits per heavy atom. The van der Waals surface area contributed by atoms with Crippen molar-refractivity contribution in [3.05, 3.63) is 28.2 Å². The van der Waals surface area contributed by atoms with Crippen LogP contribution in [0.15, 0.2) is 22.7 Å². The molecule has 17 heavy (non-hydrogen) atoms. The summed E-state index contributed by atoms with van der Waals surface area (Å²) in [5.74, 6) is 0.239. The summed E-state index contributed by atoms with van der Waals surface area (Å²) in [6, 6.07) is 5.39. The molecule has 2 rings (SSSR count). The second-order valence-corrected chi connectivity index (χ2v) is 7.22. The molecule has 1 heterocycles. The number of sulfone groups is 1. The molecule has 0 aromatic heterocycles. The number of aryl methyl sites for hydroxylation is 1. The number of hydrogen-bond donors (Lipinski definition) is 1. The summed E-state index contributed by atoms with van der Waals surface area (Å²) in [4.78, 5) is 0. The van der Waals surface area contributed by atoms with Gasteiger partial charge in [-0.3, -0.25) is 0 Å². The molecule has 1 N–H and O–H groups in total. The van der Waals surface area contributed by atoms with Crippen molar-refractivity contribution in [2.45, 2.75) is 19.1 Å². The summed E-state index contributed by atoms with van der Waals surface area (Å²) in [5.41, 5.74) is 0.998. The fourth-order valence-corrected chi connectivity index (χ4v) is 3.68. The lowest BCUT2D eigenvalue weighted by Crippen LogP contribution is -2.29. The molecule has 1 aromatic carbocycles. The van der Waals surface area contributed by atoms with Crippen molar-refractivity contribution in [3.63, 3.8) is 0 Å². The van der Waals surface area contributed by atoms with Crippen LogP contribution in [0.25, 0.3) is 0 Å². The normalized spacial score (nSPS) is 27.0. The number of hydrogen-bond acceptors (Lipinski definition) is 4. The van der Waals surface area contributed by atoms with Crippen LogP contribution in [0.2, 0.25) is 0 Å². The van der Waals surface area contributed by atoms with Crippen molar-refractivity contribution in [2.24, 2.45) is 0 Å². The third-order valence-corrected chi connectivity index (χ3v) is 5.26. The van der Waals surface area contributed by atoms with Crippen LogP contribution in [0.3, 0.4) is 0 Å². The minimum atomic E-state index is -3.17. The maximum atomic E-state index is 11.3. The molecule has 0 amide bonds. The smallest absolute Gasteiger partial charge is 0.156 e. The molecule has 1 aliphatic rings. The van der Waals surface area contributed by atoms with E-state index in [-0.39, 0.29) is 11.5 Å². The first-order chi connectivity index (χ1) is 7.87. The van der Waals surface area contributed by atoms with E-state index in [0.29, 0.717) is 5.75 Å². The SMILES string of the molecule is Cc1cc(OC2CS(=O)(=O)CC2O)ccc1Br. The average Bonchev–Trinajstić information content (AvgIpc) is 2.46. The van der Waals surface area contributed by atoms with Crippen molar-refractivity contribution in [1.82, 2.24) is 0 Å². The molecule has 1 aliphatic heterocycles. The van der Waals surface area contributed by atoms with Crippen LogP contribution in [0.1, 0.15) is 5.56 Å². The molecule has 0 saturated carbocycles. The van der Waals surface area contributed by atoms with Gasteiger partial charge in [-0.2, -0.15) is 0 Å². The molecule has 0 radical (unpaired) electrons. The second kappa shape index (κ2) is 4.59. The van der Waals surface area contributed by atoms with Gasteiger partial charge < -0.3 is 9.84 Å². The van der Waals surface area contributed by atoms with Gasteiger partial charge in [0.15, 0.2) is 9.84 Å². The van der Waals surface area contributed by atoms with E-state index >= 15 is 0 Å². The molecule has 1 saturated heterocycles. The Hall–Kier alpha value is -0.590. The van der Waals surface area contributed by atoms with Gasteiger partial charge in [0.2, 0.25) is 0 Å². The zero-order valence-corrected chi connectivity index (χ0v) is 11.7. The van der Waals surface area contributed by atoms with Gasteiger partial charge in [0.25, 0.3) is 0 Å². The minimum absolute atomic E-state index is 0.122. The average molecular weight is 321 g/mol. The first kappa shape index (κ1) is 12.9. The first-order valence-electron chi connectivity index (χ1n) is 5.19. The fraction of sp³-hybridized carbons (Fsp3) is 0.455. The molecule has 6 heteroatoms. The molecular formula is C11H13BrO4S. The van der Waals surface area contributed by atoms with Crippen LogP contribution in [0, 0.1) is 6.92 Å². The molecule has 0 bridgehead atoms. The summed E-state index contributed by atoms with van der Waals surface area (Å²) in [7, 11) is -3.17. The molecule has 2 atom stereocenters. The molecule has 1 aromatic rings. The van der Waals surface area contributed by atoms with Crippen molar-refractivity contribution >= 4 is 25.8 Å². The molecule has 0 spiro atoms. The van der Waals surface area contributed by atoms with E-state index in [1.807, 2.05) is 19.1 Å². The van der Waals surface area contributed by atoms with Crippen molar-refractivity contribution < 1.29 is 18.3 Å². The maximum Gasteiger partial charge on any atom is 0.156 e. The zero-order valence-electron chi connectivity index (χ0n) is 9.26. The van der Waals surface area contributed by atoms with Gasteiger partial charge in [0, 0.05) is 4.47 Å². The number of ether oxygens (including phenoxy) is 1. The van der Waals surface area contributed by atoms with E-state index in [9.17, 15) is 13.5 Å². The van der Waals surface area contributed by atoms with E-state index in [0.717, 1.165) is 10.0 Å². The van der Waals surface area contributed by atoms with Crippen LogP contribution >= 0.6 is 15.9 Å². The highest BCUT2D eigenvalue weighted by Crippen LogP contribution is 2.25. The number of rotatable bonds is 2. The number of aliphatic hydroxyl groups is 1. The van der Waals surface area contributed by atoms with E-state index in [2.05, 4.69) is 15.9 Å². The fourth-order valence-electron chi connectivity index (χ4n) is 1.77. The highest BCUT2D eigenvalue weighted by atomic mass is 79.9. The topological polar surface area (TPSA) is 63.6 Å². The summed E-state index contributed by atoms with van der Waals surface area (Å²) < 4.78 is 29.1. The standard InChI is InChI=1S/C11H13BrO4S/c1-7-4-8(2-3-9(7)12)16-11-6-17(14,15)5-10(11)13/h2-4,10-11,13H,5-6H2,1H3. The molecule has 2 unspecified atom stereocenters. The number of benzene rings is 1. The van der Waals surface area contributed by atoms with Gasteiger partial charge in [0.05, 0.1) is 11.5 Å². The Bertz CT molecular complexity index is 526. The van der Waals surface area contributed by atoms with Crippen molar-refractivity contribution in [3.8, 4) is 5.75 Å². The van der Waals surface area contributed by atoms with Crippen LogP contribution in [-0.4, -0.2) is 37.2 Å². The van der Waals surface area contributed by atoms with Crippen LogP contribution in [0.5, 0.6) is 5.75 Å². The monoisotopic (exact) mass is 320 g/mol. The lowest BCUT2D eigenvalue weighted by molar-refractivity contribution is 0.0737. The molecular weight excluding hydrogens is 308 g/mol. The number of aliphatic hydroxyl groups excluding tert-OH is 1. The lowest BCUT2D eigenvalue weighted by atomic mass is 10.2. The Morgan fingerprint density at radius 3 is 2.65 bits per heavy atom. The number of halogens is 1. The predicted molar refractivity (Wildman–Crippen MR) is 68.0 cm³/mol. The van der Waals surface area contributed by atoms with Crippen LogP contribution < -0.4 is 4.74 Å². The van der Waals surface area contributed by atoms with Crippen molar-refractivity contribution in [1.29, 1.82) is 0 Å².